The van der Waals surface area contributed by atoms with E-state index in [1.54, 1.807) is 12.1 Å². The Morgan fingerprint density at radius 3 is 2.26 bits per heavy atom. The van der Waals surface area contributed by atoms with Crippen LogP contribution >= 0.6 is 0 Å². The zero-order valence-corrected chi connectivity index (χ0v) is 18.6. The van der Waals surface area contributed by atoms with Crippen molar-refractivity contribution in [2.24, 2.45) is 11.8 Å². The average Bonchev–Trinajstić information content (AvgIpc) is 3.33. The van der Waals surface area contributed by atoms with Gasteiger partial charge in [-0.2, -0.15) is 0 Å². The van der Waals surface area contributed by atoms with Crippen LogP contribution in [-0.4, -0.2) is 28.7 Å². The first kappa shape index (κ1) is 20.4. The number of imide groups is 1. The predicted molar refractivity (Wildman–Crippen MR) is 130 cm³/mol. The van der Waals surface area contributed by atoms with E-state index in [1.807, 2.05) is 90.8 Å². The van der Waals surface area contributed by atoms with Gasteiger partial charge in [-0.25, -0.2) is 4.90 Å². The Morgan fingerprint density at radius 2 is 1.50 bits per heavy atom. The molecule has 3 aromatic carbocycles. The molecule has 0 aliphatic carbocycles. The van der Waals surface area contributed by atoms with Gasteiger partial charge in [0.15, 0.2) is 0 Å². The molecule has 3 amide bonds. The van der Waals surface area contributed by atoms with Crippen molar-refractivity contribution in [1.82, 2.24) is 4.90 Å². The lowest BCUT2D eigenvalue weighted by Gasteiger charge is -2.35. The van der Waals surface area contributed by atoms with E-state index >= 15 is 0 Å². The van der Waals surface area contributed by atoms with Crippen LogP contribution in [0.15, 0.2) is 85.1 Å². The highest BCUT2D eigenvalue weighted by molar-refractivity contribution is 6.24. The fourth-order valence-electron chi connectivity index (χ4n) is 5.54. The summed E-state index contributed by atoms with van der Waals surface area (Å²) in [6.07, 6.45) is 3.81. The molecule has 0 bridgehead atoms. The van der Waals surface area contributed by atoms with E-state index in [9.17, 15) is 14.4 Å². The number of aryl methyl sites for hydroxylation is 1. The highest BCUT2D eigenvalue weighted by atomic mass is 16.2. The van der Waals surface area contributed by atoms with Gasteiger partial charge in [0.05, 0.1) is 23.6 Å². The summed E-state index contributed by atoms with van der Waals surface area (Å²) in [6, 6.07) is 23.2. The molecule has 6 heteroatoms. The van der Waals surface area contributed by atoms with E-state index in [-0.39, 0.29) is 23.8 Å². The van der Waals surface area contributed by atoms with Crippen LogP contribution in [0.3, 0.4) is 0 Å². The fourth-order valence-corrected chi connectivity index (χ4v) is 5.54. The number of fused-ring (bicyclic) bond motifs is 5. The van der Waals surface area contributed by atoms with Crippen molar-refractivity contribution in [3.63, 3.8) is 0 Å². The molecular formula is C28H23N3O3. The third-order valence-corrected chi connectivity index (χ3v) is 7.06. The van der Waals surface area contributed by atoms with Crippen LogP contribution in [0, 0.1) is 18.8 Å². The first-order valence-corrected chi connectivity index (χ1v) is 11.4. The van der Waals surface area contributed by atoms with Crippen LogP contribution in [-0.2, 0) is 14.4 Å². The lowest BCUT2D eigenvalue weighted by atomic mass is 9.84. The second-order valence-corrected chi connectivity index (χ2v) is 9.04. The molecular weight excluding hydrogens is 426 g/mol. The normalized spacial score (nSPS) is 24.6. The molecule has 34 heavy (non-hydrogen) atoms. The minimum absolute atomic E-state index is 0.256. The quantitative estimate of drug-likeness (QED) is 0.610. The van der Waals surface area contributed by atoms with Crippen molar-refractivity contribution < 1.29 is 14.4 Å². The molecule has 3 aliphatic heterocycles. The number of nitrogens with one attached hydrogen (secondary N) is 1. The lowest BCUT2D eigenvalue weighted by molar-refractivity contribution is -0.128. The van der Waals surface area contributed by atoms with Gasteiger partial charge in [0.2, 0.25) is 17.7 Å². The van der Waals surface area contributed by atoms with Crippen LogP contribution in [0.1, 0.15) is 22.7 Å². The zero-order chi connectivity index (χ0) is 23.4. The van der Waals surface area contributed by atoms with E-state index in [4.69, 9.17) is 0 Å². The molecule has 168 valence electrons. The summed E-state index contributed by atoms with van der Waals surface area (Å²) >= 11 is 0. The second kappa shape index (κ2) is 7.70. The van der Waals surface area contributed by atoms with Gasteiger partial charge in [0, 0.05) is 11.9 Å². The smallest absolute Gasteiger partial charge is 0.247 e. The molecule has 0 radical (unpaired) electrons. The first-order chi connectivity index (χ1) is 16.5. The third kappa shape index (κ3) is 2.99. The Kier molecular flexibility index (Phi) is 4.62. The van der Waals surface area contributed by atoms with Gasteiger partial charge in [-0.3, -0.25) is 14.4 Å². The third-order valence-electron chi connectivity index (χ3n) is 7.06. The molecule has 1 N–H and O–H groups in total. The van der Waals surface area contributed by atoms with Crippen molar-refractivity contribution in [3.8, 4) is 0 Å². The number of carbonyl (C=O) groups is 3. The van der Waals surface area contributed by atoms with E-state index in [0.717, 1.165) is 16.7 Å². The van der Waals surface area contributed by atoms with Crippen molar-refractivity contribution >= 4 is 35.2 Å². The van der Waals surface area contributed by atoms with Gasteiger partial charge >= 0.3 is 0 Å². The largest absolute Gasteiger partial charge is 0.357 e. The molecule has 3 aliphatic rings. The molecule has 0 unspecified atom stereocenters. The lowest BCUT2D eigenvalue weighted by Crippen LogP contribution is -2.46. The number of rotatable bonds is 3. The molecule has 6 rings (SSSR count). The molecule has 0 spiro atoms. The van der Waals surface area contributed by atoms with Crippen LogP contribution < -0.4 is 10.2 Å². The molecule has 6 nitrogen and oxygen atoms in total. The maximum absolute atomic E-state index is 13.8. The molecule has 0 aromatic heterocycles. The maximum Gasteiger partial charge on any atom is 0.247 e. The second-order valence-electron chi connectivity index (χ2n) is 9.04. The topological polar surface area (TPSA) is 69.7 Å². The van der Waals surface area contributed by atoms with Crippen molar-refractivity contribution in [2.45, 2.75) is 19.0 Å². The van der Waals surface area contributed by atoms with Gasteiger partial charge in [0.1, 0.15) is 6.04 Å². The van der Waals surface area contributed by atoms with Crippen LogP contribution in [0.2, 0.25) is 0 Å². The van der Waals surface area contributed by atoms with Crippen LogP contribution in [0.25, 0.3) is 6.08 Å². The molecule has 3 heterocycles. The minimum Gasteiger partial charge on any atom is -0.357 e. The number of anilines is 2. The Bertz CT molecular complexity index is 1330. The molecule has 2 fully saturated rings. The van der Waals surface area contributed by atoms with E-state index in [1.165, 1.54) is 4.90 Å². The Balaban J connectivity index is 1.45. The van der Waals surface area contributed by atoms with Crippen LogP contribution in [0.4, 0.5) is 11.4 Å². The Labute approximate surface area is 197 Å². The monoisotopic (exact) mass is 449 g/mol. The minimum atomic E-state index is -0.799. The summed E-state index contributed by atoms with van der Waals surface area (Å²) < 4.78 is 0. The van der Waals surface area contributed by atoms with E-state index in [2.05, 4.69) is 5.32 Å². The predicted octanol–water partition coefficient (Wildman–Crippen LogP) is 4.15. The van der Waals surface area contributed by atoms with Crippen molar-refractivity contribution in [1.29, 1.82) is 0 Å². The molecule has 3 aromatic rings. The fraction of sp³-hybridized carbons (Fsp3) is 0.179. The van der Waals surface area contributed by atoms with Gasteiger partial charge in [-0.15, -0.1) is 0 Å². The summed E-state index contributed by atoms with van der Waals surface area (Å²) in [5, 5.41) is 2.95. The maximum atomic E-state index is 13.8. The van der Waals surface area contributed by atoms with Crippen molar-refractivity contribution in [2.75, 3.05) is 10.2 Å². The van der Waals surface area contributed by atoms with Gasteiger partial charge in [0.25, 0.3) is 0 Å². The standard InChI is InChI=1S/C28H23N3O3/c1-17-11-13-20(14-12-17)31-27(33)22-23(28(31)34)25(26(32)29-19-8-3-2-4-9-19)30-16-15-18-7-5-6-10-21(18)24(22)30/h2-16,22-25H,1H3,(H,29,32)/t22-,23+,24+,25-/m1/s1. The average molecular weight is 450 g/mol. The number of amides is 3. The number of hydrogen-bond acceptors (Lipinski definition) is 4. The Morgan fingerprint density at radius 1 is 0.824 bits per heavy atom. The summed E-state index contributed by atoms with van der Waals surface area (Å²) in [5.41, 5.74) is 4.20. The number of nitrogens with zero attached hydrogens (tertiary/aromatic N) is 2. The summed E-state index contributed by atoms with van der Waals surface area (Å²) in [5.74, 6) is -2.30. The van der Waals surface area contributed by atoms with Crippen molar-refractivity contribution in [3.05, 3.63) is 102 Å². The van der Waals surface area contributed by atoms with E-state index < -0.39 is 17.9 Å². The van der Waals surface area contributed by atoms with Crippen LogP contribution in [0.5, 0.6) is 0 Å². The highest BCUT2D eigenvalue weighted by Crippen LogP contribution is 2.53. The highest BCUT2D eigenvalue weighted by Gasteiger charge is 2.64. The Hall–Kier alpha value is -4.19. The summed E-state index contributed by atoms with van der Waals surface area (Å²) in [4.78, 5) is 44.3. The number of para-hydroxylation sites is 1. The number of benzene rings is 3. The molecule has 2 saturated heterocycles. The first-order valence-electron chi connectivity index (χ1n) is 11.4. The van der Waals surface area contributed by atoms with Gasteiger partial charge < -0.3 is 10.2 Å². The van der Waals surface area contributed by atoms with E-state index in [0.29, 0.717) is 11.4 Å². The van der Waals surface area contributed by atoms with Gasteiger partial charge in [-0.1, -0.05) is 60.2 Å². The molecule has 4 atom stereocenters. The zero-order valence-electron chi connectivity index (χ0n) is 18.6. The number of carbonyl (C=O) groups excluding carboxylic acids is 3. The molecule has 0 saturated carbocycles. The SMILES string of the molecule is Cc1ccc(N2C(=O)[C@@H]3[C@H](C2=O)[C@H](C(=O)Nc2ccccc2)N2C=Cc4ccccc4[C@@H]32)cc1. The summed E-state index contributed by atoms with van der Waals surface area (Å²) in [7, 11) is 0. The number of hydrogen-bond donors (Lipinski definition) is 1. The summed E-state index contributed by atoms with van der Waals surface area (Å²) in [6.45, 7) is 1.96. The van der Waals surface area contributed by atoms with Gasteiger partial charge in [-0.05, 0) is 48.4 Å².